The highest BCUT2D eigenvalue weighted by Crippen LogP contribution is 2.17. The normalized spacial score (nSPS) is 10.8. The summed E-state index contributed by atoms with van der Waals surface area (Å²) in [6.45, 7) is 1.66. The van der Waals surface area contributed by atoms with Crippen LogP contribution in [0.3, 0.4) is 0 Å². The predicted octanol–water partition coefficient (Wildman–Crippen LogP) is 2.79. The maximum atomic E-state index is 13.3. The van der Waals surface area contributed by atoms with Crippen molar-refractivity contribution in [1.29, 1.82) is 0 Å². The molecule has 3 rings (SSSR count). The van der Waals surface area contributed by atoms with Gasteiger partial charge in [-0.2, -0.15) is 5.10 Å². The maximum Gasteiger partial charge on any atom is 0.359 e. The van der Waals surface area contributed by atoms with E-state index in [-0.39, 0.29) is 24.2 Å². The molecule has 1 heterocycles. The summed E-state index contributed by atoms with van der Waals surface area (Å²) in [4.78, 5) is 51.0. The number of anilines is 1. The van der Waals surface area contributed by atoms with Crippen LogP contribution in [0.25, 0.3) is 10.8 Å². The van der Waals surface area contributed by atoms with Crippen LogP contribution in [-0.2, 0) is 20.9 Å². The molecule has 0 spiro atoms. The van der Waals surface area contributed by atoms with Gasteiger partial charge in [0.25, 0.3) is 11.5 Å². The number of ether oxygens (including phenoxy) is 1. The number of aromatic nitrogens is 2. The first kappa shape index (κ1) is 25.5. The molecule has 1 aromatic heterocycles. The van der Waals surface area contributed by atoms with E-state index >= 15 is 0 Å². The molecule has 0 atom stereocenters. The monoisotopic (exact) mass is 482 g/mol. The van der Waals surface area contributed by atoms with Crippen molar-refractivity contribution < 1.29 is 23.5 Å². The Hall–Kier alpha value is -4.08. The van der Waals surface area contributed by atoms with E-state index in [9.17, 15) is 23.6 Å². The van der Waals surface area contributed by atoms with E-state index in [2.05, 4.69) is 5.10 Å². The average molecular weight is 483 g/mol. The Morgan fingerprint density at radius 1 is 1.06 bits per heavy atom. The van der Waals surface area contributed by atoms with Crippen molar-refractivity contribution in [2.45, 2.75) is 39.2 Å². The molecule has 2 N–H and O–H groups in total. The van der Waals surface area contributed by atoms with Crippen LogP contribution in [0, 0.1) is 5.82 Å². The third-order valence-corrected chi connectivity index (χ3v) is 5.38. The summed E-state index contributed by atoms with van der Waals surface area (Å²) >= 11 is 0. The number of primary amides is 1. The maximum absolute atomic E-state index is 13.3. The molecule has 2 aromatic carbocycles. The Bertz CT molecular complexity index is 1270. The molecule has 0 aliphatic heterocycles. The highest BCUT2D eigenvalue weighted by Gasteiger charge is 2.22. The zero-order valence-corrected chi connectivity index (χ0v) is 19.4. The third-order valence-electron chi connectivity index (χ3n) is 5.38. The fraction of sp³-hybridized carbons (Fsp3) is 0.320. The zero-order valence-electron chi connectivity index (χ0n) is 19.4. The molecular weight excluding hydrogens is 455 g/mol. The topological polar surface area (TPSA) is 125 Å². The molecule has 0 radical (unpaired) electrons. The fourth-order valence-electron chi connectivity index (χ4n) is 3.56. The molecule has 2 amide bonds. The van der Waals surface area contributed by atoms with Crippen LogP contribution < -0.4 is 16.2 Å². The summed E-state index contributed by atoms with van der Waals surface area (Å²) in [5.41, 5.74) is 5.15. The number of esters is 1. The lowest BCUT2D eigenvalue weighted by atomic mass is 10.1. The van der Waals surface area contributed by atoms with Crippen molar-refractivity contribution >= 4 is 34.2 Å². The van der Waals surface area contributed by atoms with Gasteiger partial charge < -0.3 is 15.4 Å². The number of benzene rings is 2. The Morgan fingerprint density at radius 2 is 1.74 bits per heavy atom. The Kier molecular flexibility index (Phi) is 8.66. The minimum absolute atomic E-state index is 0.0686. The van der Waals surface area contributed by atoms with Crippen LogP contribution in [0.4, 0.5) is 10.1 Å². The van der Waals surface area contributed by atoms with Crippen molar-refractivity contribution in [2.24, 2.45) is 5.73 Å². The van der Waals surface area contributed by atoms with Crippen molar-refractivity contribution in [3.8, 4) is 0 Å². The molecule has 0 bridgehead atoms. The van der Waals surface area contributed by atoms with E-state index in [1.165, 1.54) is 33.8 Å². The first-order chi connectivity index (χ1) is 16.8. The lowest BCUT2D eigenvalue weighted by Gasteiger charge is -2.22. The Morgan fingerprint density at radius 3 is 2.40 bits per heavy atom. The number of amides is 2. The molecule has 0 saturated carbocycles. The van der Waals surface area contributed by atoms with E-state index < -0.39 is 30.2 Å². The number of carbonyl (C=O) groups is 3. The van der Waals surface area contributed by atoms with Gasteiger partial charge in [0.15, 0.2) is 12.3 Å². The SMILES string of the molecule is CCCCCn1nc(C(=O)OCC(=O)N(CCC(N)=O)c2ccc(F)cc2)c2ccccc2c1=O. The first-order valence-electron chi connectivity index (χ1n) is 11.3. The van der Waals surface area contributed by atoms with Gasteiger partial charge >= 0.3 is 5.97 Å². The van der Waals surface area contributed by atoms with Gasteiger partial charge in [0.2, 0.25) is 5.91 Å². The van der Waals surface area contributed by atoms with Gasteiger partial charge in [0.1, 0.15) is 5.82 Å². The average Bonchev–Trinajstić information content (AvgIpc) is 2.85. The molecular formula is C25H27FN4O5. The predicted molar refractivity (Wildman–Crippen MR) is 128 cm³/mol. The van der Waals surface area contributed by atoms with Crippen molar-refractivity contribution in [3.05, 3.63) is 70.4 Å². The van der Waals surface area contributed by atoms with Gasteiger partial charge in [0, 0.05) is 30.6 Å². The second-order valence-corrected chi connectivity index (χ2v) is 7.94. The number of hydrogen-bond donors (Lipinski definition) is 1. The lowest BCUT2D eigenvalue weighted by Crippen LogP contribution is -2.37. The van der Waals surface area contributed by atoms with E-state index in [0.717, 1.165) is 19.3 Å². The summed E-state index contributed by atoms with van der Waals surface area (Å²) in [6, 6.07) is 11.7. The molecule has 3 aromatic rings. The fourth-order valence-corrected chi connectivity index (χ4v) is 3.56. The first-order valence-corrected chi connectivity index (χ1v) is 11.3. The van der Waals surface area contributed by atoms with Crippen LogP contribution in [0.1, 0.15) is 43.1 Å². The van der Waals surface area contributed by atoms with Gasteiger partial charge in [-0.25, -0.2) is 13.9 Å². The summed E-state index contributed by atoms with van der Waals surface area (Å²) in [5.74, 6) is -2.61. The molecule has 10 heteroatoms. The number of fused-ring (bicyclic) bond motifs is 1. The molecule has 0 aliphatic rings. The van der Waals surface area contributed by atoms with Crippen LogP contribution in [0.15, 0.2) is 53.3 Å². The number of unbranched alkanes of at least 4 members (excludes halogenated alkanes) is 2. The summed E-state index contributed by atoms with van der Waals surface area (Å²) < 4.78 is 19.8. The third kappa shape index (κ3) is 6.50. The highest BCUT2D eigenvalue weighted by molar-refractivity contribution is 6.03. The molecule has 9 nitrogen and oxygen atoms in total. The van der Waals surface area contributed by atoms with E-state index in [0.29, 0.717) is 23.0 Å². The van der Waals surface area contributed by atoms with Crippen LogP contribution in [0.5, 0.6) is 0 Å². The van der Waals surface area contributed by atoms with Crippen LogP contribution >= 0.6 is 0 Å². The molecule has 0 saturated heterocycles. The standard InChI is InChI=1S/C25H27FN4O5/c1-2-3-6-14-30-24(33)20-8-5-4-7-19(20)23(28-30)25(34)35-16-22(32)29(15-13-21(27)31)18-11-9-17(26)10-12-18/h4-5,7-12H,2-3,6,13-16H2,1H3,(H2,27,31). The van der Waals surface area contributed by atoms with Gasteiger partial charge in [-0.3, -0.25) is 14.4 Å². The van der Waals surface area contributed by atoms with E-state index in [4.69, 9.17) is 10.5 Å². The minimum atomic E-state index is -0.868. The Balaban J connectivity index is 1.82. The number of carbonyl (C=O) groups excluding carboxylic acids is 3. The van der Waals surface area contributed by atoms with Gasteiger partial charge in [-0.05, 0) is 36.8 Å². The second kappa shape index (κ2) is 11.9. The van der Waals surface area contributed by atoms with E-state index in [1.54, 1.807) is 24.3 Å². The second-order valence-electron chi connectivity index (χ2n) is 7.94. The number of rotatable bonds is 11. The number of aryl methyl sites for hydroxylation is 1. The van der Waals surface area contributed by atoms with Crippen LogP contribution in [0.2, 0.25) is 0 Å². The van der Waals surface area contributed by atoms with Crippen molar-refractivity contribution in [1.82, 2.24) is 9.78 Å². The highest BCUT2D eigenvalue weighted by atomic mass is 19.1. The van der Waals surface area contributed by atoms with Crippen LogP contribution in [-0.4, -0.2) is 40.7 Å². The summed E-state index contributed by atoms with van der Waals surface area (Å²) in [5, 5.41) is 4.87. The van der Waals surface area contributed by atoms with Crippen molar-refractivity contribution in [2.75, 3.05) is 18.1 Å². The number of nitrogens with two attached hydrogens (primary N) is 1. The summed E-state index contributed by atoms with van der Waals surface area (Å²) in [7, 11) is 0. The Labute approximate surface area is 201 Å². The minimum Gasteiger partial charge on any atom is -0.451 e. The number of halogens is 1. The lowest BCUT2D eigenvalue weighted by molar-refractivity contribution is -0.121. The molecule has 184 valence electrons. The molecule has 35 heavy (non-hydrogen) atoms. The number of hydrogen-bond acceptors (Lipinski definition) is 6. The molecule has 0 fully saturated rings. The summed E-state index contributed by atoms with van der Waals surface area (Å²) in [6.07, 6.45) is 2.45. The molecule has 0 unspecified atom stereocenters. The number of nitrogens with zero attached hydrogens (tertiary/aromatic N) is 3. The largest absolute Gasteiger partial charge is 0.451 e. The quantitative estimate of drug-likeness (QED) is 0.331. The zero-order chi connectivity index (χ0) is 25.4. The van der Waals surface area contributed by atoms with Gasteiger partial charge in [0.05, 0.1) is 5.39 Å². The van der Waals surface area contributed by atoms with Gasteiger partial charge in [-0.1, -0.05) is 38.0 Å². The van der Waals surface area contributed by atoms with Crippen molar-refractivity contribution in [3.63, 3.8) is 0 Å². The van der Waals surface area contributed by atoms with Gasteiger partial charge in [-0.15, -0.1) is 0 Å². The molecule has 0 aliphatic carbocycles. The van der Waals surface area contributed by atoms with E-state index in [1.807, 2.05) is 6.92 Å². The smallest absolute Gasteiger partial charge is 0.359 e.